The second-order valence-corrected chi connectivity index (χ2v) is 5.45. The van der Waals surface area contributed by atoms with Gasteiger partial charge >= 0.3 is 0 Å². The largest absolute Gasteiger partial charge is 0.384 e. The molecule has 0 spiro atoms. The molecule has 2 aliphatic heterocycles. The van der Waals surface area contributed by atoms with Gasteiger partial charge in [-0.3, -0.25) is 5.73 Å². The van der Waals surface area contributed by atoms with Crippen LogP contribution in [0.2, 0.25) is 5.02 Å². The summed E-state index contributed by atoms with van der Waals surface area (Å²) in [6, 6.07) is 5.71. The quantitative estimate of drug-likeness (QED) is 0.749. The van der Waals surface area contributed by atoms with Crippen molar-refractivity contribution in [3.05, 3.63) is 41.1 Å². The van der Waals surface area contributed by atoms with E-state index in [-0.39, 0.29) is 0 Å². The van der Waals surface area contributed by atoms with Crippen LogP contribution < -0.4 is 21.7 Å². The predicted octanol–water partition coefficient (Wildman–Crippen LogP) is 0.720. The number of halogens is 1. The number of morpholine rings is 1. The molecule has 1 aromatic rings. The Hall–Kier alpha value is -1.76. The van der Waals surface area contributed by atoms with Gasteiger partial charge in [0.1, 0.15) is 5.84 Å². The molecular weight excluding hydrogens is 290 g/mol. The first-order chi connectivity index (χ1) is 10.1. The second-order valence-electron chi connectivity index (χ2n) is 5.05. The number of hydrogen-bond donors (Lipinski definition) is 3. The number of amidine groups is 1. The summed E-state index contributed by atoms with van der Waals surface area (Å²) < 4.78 is 5.35. The maximum atomic E-state index is 6.42. The number of nitrogens with zero attached hydrogens (tertiary/aromatic N) is 2. The molecule has 1 atom stereocenters. The number of nitrogens with two attached hydrogens (primary N) is 2. The van der Waals surface area contributed by atoms with Gasteiger partial charge in [0.05, 0.1) is 23.9 Å². The highest BCUT2D eigenvalue weighted by Gasteiger charge is 2.28. The van der Waals surface area contributed by atoms with Crippen LogP contribution in [0.25, 0.3) is 0 Å². The topological polar surface area (TPSA) is 88.9 Å². The molecule has 112 valence electrons. The van der Waals surface area contributed by atoms with Crippen molar-refractivity contribution in [3.63, 3.8) is 0 Å². The van der Waals surface area contributed by atoms with Crippen LogP contribution in [0.1, 0.15) is 5.56 Å². The highest BCUT2D eigenvalue weighted by atomic mass is 35.5. The van der Waals surface area contributed by atoms with Crippen molar-refractivity contribution in [1.29, 1.82) is 0 Å². The van der Waals surface area contributed by atoms with Crippen LogP contribution in [-0.4, -0.2) is 32.1 Å². The van der Waals surface area contributed by atoms with E-state index in [0.29, 0.717) is 24.1 Å². The monoisotopic (exact) mass is 307 g/mol. The fourth-order valence-corrected chi connectivity index (χ4v) is 2.78. The van der Waals surface area contributed by atoms with E-state index in [0.717, 1.165) is 24.3 Å². The van der Waals surface area contributed by atoms with Crippen LogP contribution in [0.5, 0.6) is 0 Å². The van der Waals surface area contributed by atoms with E-state index in [4.69, 9.17) is 27.8 Å². The summed E-state index contributed by atoms with van der Waals surface area (Å²) in [7, 11) is 0. The van der Waals surface area contributed by atoms with Gasteiger partial charge in [-0.25, -0.2) is 4.99 Å². The standard InChI is InChI=1S/C14H18ClN5O/c15-11-9-10(14(17)18-4-3-13(16)19-14)1-2-12(11)20-5-7-21-8-6-20/h1-4,9,18H,5-8,17H2,(H2,16,19). The summed E-state index contributed by atoms with van der Waals surface area (Å²) >= 11 is 6.42. The third-order valence-corrected chi connectivity index (χ3v) is 3.91. The van der Waals surface area contributed by atoms with Crippen LogP contribution in [-0.2, 0) is 10.5 Å². The molecular formula is C14H18ClN5O. The van der Waals surface area contributed by atoms with Crippen LogP contribution in [0.3, 0.4) is 0 Å². The minimum absolute atomic E-state index is 0.379. The van der Waals surface area contributed by atoms with Crippen molar-refractivity contribution in [2.45, 2.75) is 5.79 Å². The first kappa shape index (κ1) is 14.2. The first-order valence-electron chi connectivity index (χ1n) is 6.80. The first-order valence-corrected chi connectivity index (χ1v) is 7.17. The van der Waals surface area contributed by atoms with Crippen molar-refractivity contribution < 1.29 is 4.74 Å². The molecule has 1 aromatic carbocycles. The normalized spacial score (nSPS) is 25.4. The Bertz CT molecular complexity index is 597. The smallest absolute Gasteiger partial charge is 0.211 e. The molecule has 0 aliphatic carbocycles. The Balaban J connectivity index is 1.89. The Morgan fingerprint density at radius 2 is 2.10 bits per heavy atom. The summed E-state index contributed by atoms with van der Waals surface area (Å²) in [6.45, 7) is 3.09. The number of nitrogens with one attached hydrogen (secondary N) is 1. The second kappa shape index (κ2) is 5.55. The van der Waals surface area contributed by atoms with Crippen molar-refractivity contribution in [2.75, 3.05) is 31.2 Å². The molecule has 1 saturated heterocycles. The maximum absolute atomic E-state index is 6.42. The van der Waals surface area contributed by atoms with Gasteiger partial charge in [-0.2, -0.15) is 0 Å². The van der Waals surface area contributed by atoms with E-state index < -0.39 is 5.79 Å². The number of benzene rings is 1. The van der Waals surface area contributed by atoms with Gasteiger partial charge in [0, 0.05) is 24.9 Å². The zero-order chi connectivity index (χ0) is 14.9. The Kier molecular flexibility index (Phi) is 3.75. The summed E-state index contributed by atoms with van der Waals surface area (Å²) in [6.07, 6.45) is 3.35. The lowest BCUT2D eigenvalue weighted by atomic mass is 10.1. The fourth-order valence-electron chi connectivity index (χ4n) is 2.48. The van der Waals surface area contributed by atoms with Crippen LogP contribution in [0.4, 0.5) is 5.69 Å². The number of ether oxygens (including phenoxy) is 1. The minimum Gasteiger partial charge on any atom is -0.384 e. The van der Waals surface area contributed by atoms with E-state index in [9.17, 15) is 0 Å². The van der Waals surface area contributed by atoms with Crippen LogP contribution in [0, 0.1) is 0 Å². The maximum Gasteiger partial charge on any atom is 0.211 e. The fraction of sp³-hybridized carbons (Fsp3) is 0.357. The number of anilines is 1. The zero-order valence-electron chi connectivity index (χ0n) is 11.6. The highest BCUT2D eigenvalue weighted by molar-refractivity contribution is 6.33. The molecule has 2 aliphatic rings. The average Bonchev–Trinajstić information content (AvgIpc) is 2.48. The van der Waals surface area contributed by atoms with E-state index in [1.807, 2.05) is 18.2 Å². The van der Waals surface area contributed by atoms with Crippen molar-refractivity contribution in [2.24, 2.45) is 16.5 Å². The molecule has 0 aromatic heterocycles. The lowest BCUT2D eigenvalue weighted by Gasteiger charge is -2.32. The summed E-state index contributed by atoms with van der Waals surface area (Å²) in [5.74, 6) is -0.698. The molecule has 0 radical (unpaired) electrons. The molecule has 1 fully saturated rings. The van der Waals surface area contributed by atoms with Gasteiger partial charge in [-0.1, -0.05) is 17.7 Å². The minimum atomic E-state index is -1.08. The molecule has 21 heavy (non-hydrogen) atoms. The number of rotatable bonds is 2. The Labute approximate surface area is 128 Å². The summed E-state index contributed by atoms with van der Waals surface area (Å²) in [5.41, 5.74) is 13.7. The van der Waals surface area contributed by atoms with Gasteiger partial charge < -0.3 is 20.7 Å². The molecule has 3 rings (SSSR count). The van der Waals surface area contributed by atoms with Gasteiger partial charge in [0.2, 0.25) is 5.79 Å². The number of hydrogen-bond acceptors (Lipinski definition) is 6. The molecule has 2 heterocycles. The Morgan fingerprint density at radius 1 is 1.33 bits per heavy atom. The molecule has 0 bridgehead atoms. The lowest BCUT2D eigenvalue weighted by molar-refractivity contribution is 0.122. The summed E-state index contributed by atoms with van der Waals surface area (Å²) in [4.78, 5) is 6.45. The third kappa shape index (κ3) is 2.83. The average molecular weight is 308 g/mol. The summed E-state index contributed by atoms with van der Waals surface area (Å²) in [5, 5.41) is 3.65. The third-order valence-electron chi connectivity index (χ3n) is 3.60. The molecule has 0 saturated carbocycles. The SMILES string of the molecule is NC1=NC(N)(c2ccc(N3CCOCC3)c(Cl)c2)NC=C1. The molecule has 5 N–H and O–H groups in total. The van der Waals surface area contributed by atoms with E-state index in [2.05, 4.69) is 15.2 Å². The van der Waals surface area contributed by atoms with Gasteiger partial charge in [-0.05, 0) is 18.2 Å². The van der Waals surface area contributed by atoms with E-state index in [1.165, 1.54) is 0 Å². The van der Waals surface area contributed by atoms with Gasteiger partial charge in [-0.15, -0.1) is 0 Å². The van der Waals surface area contributed by atoms with Gasteiger partial charge in [0.25, 0.3) is 0 Å². The van der Waals surface area contributed by atoms with Crippen molar-refractivity contribution >= 4 is 23.1 Å². The van der Waals surface area contributed by atoms with Gasteiger partial charge in [0.15, 0.2) is 0 Å². The predicted molar refractivity (Wildman–Crippen MR) is 84.2 cm³/mol. The van der Waals surface area contributed by atoms with Crippen molar-refractivity contribution in [3.8, 4) is 0 Å². The zero-order valence-corrected chi connectivity index (χ0v) is 12.3. The van der Waals surface area contributed by atoms with E-state index >= 15 is 0 Å². The Morgan fingerprint density at radius 3 is 2.76 bits per heavy atom. The highest BCUT2D eigenvalue weighted by Crippen LogP contribution is 2.31. The molecule has 7 heteroatoms. The lowest BCUT2D eigenvalue weighted by Crippen LogP contribution is -2.49. The van der Waals surface area contributed by atoms with E-state index in [1.54, 1.807) is 12.3 Å². The molecule has 1 unspecified atom stereocenters. The van der Waals surface area contributed by atoms with Crippen LogP contribution in [0.15, 0.2) is 35.5 Å². The van der Waals surface area contributed by atoms with Crippen molar-refractivity contribution in [1.82, 2.24) is 5.32 Å². The van der Waals surface area contributed by atoms with Crippen LogP contribution >= 0.6 is 11.6 Å². The number of aliphatic imine (C=N–C) groups is 1. The molecule has 6 nitrogen and oxygen atoms in total. The molecule has 0 amide bonds.